The van der Waals surface area contributed by atoms with E-state index in [9.17, 15) is 9.18 Å². The van der Waals surface area contributed by atoms with Gasteiger partial charge in [-0.25, -0.2) is 9.37 Å². The van der Waals surface area contributed by atoms with E-state index in [2.05, 4.69) is 36.4 Å². The SMILES string of the molecule is CCCc1nc(C(=O)Nc2c(Cl)cc(F)cc2Br)n[nH]1. The molecule has 8 heteroatoms. The van der Waals surface area contributed by atoms with Crippen LogP contribution in [0.4, 0.5) is 10.1 Å². The van der Waals surface area contributed by atoms with E-state index in [-0.39, 0.29) is 16.5 Å². The number of carbonyl (C=O) groups is 1. The minimum absolute atomic E-state index is 0.0146. The summed E-state index contributed by atoms with van der Waals surface area (Å²) in [5.41, 5.74) is 0.278. The van der Waals surface area contributed by atoms with Crippen LogP contribution in [-0.2, 0) is 6.42 Å². The van der Waals surface area contributed by atoms with Crippen molar-refractivity contribution in [2.24, 2.45) is 0 Å². The Kier molecular flexibility index (Phi) is 4.72. The summed E-state index contributed by atoms with van der Waals surface area (Å²) >= 11 is 9.03. The molecule has 2 aromatic rings. The Morgan fingerprint density at radius 2 is 2.30 bits per heavy atom. The number of hydrogen-bond donors (Lipinski definition) is 2. The summed E-state index contributed by atoms with van der Waals surface area (Å²) in [5, 5.41) is 9.15. The Labute approximate surface area is 128 Å². The monoisotopic (exact) mass is 360 g/mol. The first-order valence-corrected chi connectivity index (χ1v) is 7.05. The van der Waals surface area contributed by atoms with Gasteiger partial charge in [-0.15, -0.1) is 5.10 Å². The standard InChI is InChI=1S/C12H11BrClFN4O/c1-2-3-9-16-11(19-18-9)12(20)17-10-7(13)4-6(15)5-8(10)14/h4-5H,2-3H2,1H3,(H,17,20)(H,16,18,19). The number of halogens is 3. The van der Waals surface area contributed by atoms with E-state index in [4.69, 9.17) is 11.6 Å². The third-order valence-electron chi connectivity index (χ3n) is 2.47. The molecule has 0 atom stereocenters. The first-order chi connectivity index (χ1) is 9.51. The number of hydrogen-bond acceptors (Lipinski definition) is 3. The van der Waals surface area contributed by atoms with Crippen molar-refractivity contribution in [2.75, 3.05) is 5.32 Å². The van der Waals surface area contributed by atoms with Gasteiger partial charge in [0.2, 0.25) is 5.82 Å². The molecule has 1 aromatic carbocycles. The predicted molar refractivity (Wildman–Crippen MR) is 77.4 cm³/mol. The highest BCUT2D eigenvalue weighted by atomic mass is 79.9. The molecule has 2 rings (SSSR count). The zero-order valence-corrected chi connectivity index (χ0v) is 12.8. The summed E-state index contributed by atoms with van der Waals surface area (Å²) in [6.07, 6.45) is 1.60. The van der Waals surface area contributed by atoms with Gasteiger partial charge in [0.05, 0.1) is 10.7 Å². The molecule has 1 heterocycles. The largest absolute Gasteiger partial charge is 0.317 e. The molecule has 1 aromatic heterocycles. The van der Waals surface area contributed by atoms with Gasteiger partial charge >= 0.3 is 0 Å². The Hall–Kier alpha value is -1.47. The summed E-state index contributed by atoms with van der Waals surface area (Å²) in [5.74, 6) is -0.358. The van der Waals surface area contributed by atoms with Crippen LogP contribution in [-0.4, -0.2) is 21.1 Å². The van der Waals surface area contributed by atoms with E-state index in [1.807, 2.05) is 6.92 Å². The van der Waals surface area contributed by atoms with Crippen molar-refractivity contribution in [1.82, 2.24) is 15.2 Å². The first-order valence-electron chi connectivity index (χ1n) is 5.88. The van der Waals surface area contributed by atoms with Crippen molar-refractivity contribution >= 4 is 39.1 Å². The van der Waals surface area contributed by atoms with Crippen LogP contribution < -0.4 is 5.32 Å². The summed E-state index contributed by atoms with van der Waals surface area (Å²) < 4.78 is 13.4. The molecule has 0 saturated heterocycles. The number of anilines is 1. The fraction of sp³-hybridized carbons (Fsp3) is 0.250. The molecular formula is C12H11BrClFN4O. The highest BCUT2D eigenvalue weighted by molar-refractivity contribution is 9.10. The Bertz CT molecular complexity index is 623. The van der Waals surface area contributed by atoms with Crippen LogP contribution in [0.1, 0.15) is 29.8 Å². The summed E-state index contributed by atoms with van der Waals surface area (Å²) in [7, 11) is 0. The third-order valence-corrected chi connectivity index (χ3v) is 3.39. The van der Waals surface area contributed by atoms with Gasteiger partial charge in [0, 0.05) is 10.9 Å². The predicted octanol–water partition coefficient (Wildman–Crippen LogP) is 3.56. The van der Waals surface area contributed by atoms with Gasteiger partial charge in [-0.1, -0.05) is 18.5 Å². The van der Waals surface area contributed by atoms with Crippen molar-refractivity contribution < 1.29 is 9.18 Å². The number of rotatable bonds is 4. The molecule has 1 amide bonds. The fourth-order valence-corrected chi connectivity index (χ4v) is 2.48. The number of aromatic nitrogens is 3. The van der Waals surface area contributed by atoms with E-state index >= 15 is 0 Å². The molecule has 106 valence electrons. The van der Waals surface area contributed by atoms with Gasteiger partial charge in [-0.3, -0.25) is 9.89 Å². The lowest BCUT2D eigenvalue weighted by molar-refractivity contribution is 0.101. The number of aromatic amines is 1. The van der Waals surface area contributed by atoms with Gasteiger partial charge in [0.1, 0.15) is 11.6 Å². The summed E-state index contributed by atoms with van der Waals surface area (Å²) in [4.78, 5) is 16.1. The molecule has 0 saturated carbocycles. The van der Waals surface area contributed by atoms with Crippen LogP contribution >= 0.6 is 27.5 Å². The van der Waals surface area contributed by atoms with Crippen molar-refractivity contribution in [3.63, 3.8) is 0 Å². The molecule has 5 nitrogen and oxygen atoms in total. The van der Waals surface area contributed by atoms with Crippen molar-refractivity contribution in [3.8, 4) is 0 Å². The fourth-order valence-electron chi connectivity index (χ4n) is 1.58. The van der Waals surface area contributed by atoms with Crippen LogP contribution in [0, 0.1) is 5.82 Å². The van der Waals surface area contributed by atoms with Gasteiger partial charge in [0.25, 0.3) is 5.91 Å². The minimum atomic E-state index is -0.516. The molecule has 0 radical (unpaired) electrons. The highest BCUT2D eigenvalue weighted by Crippen LogP contribution is 2.31. The van der Waals surface area contributed by atoms with Crippen LogP contribution in [0.3, 0.4) is 0 Å². The molecule has 0 aliphatic rings. The molecule has 0 spiro atoms. The van der Waals surface area contributed by atoms with E-state index < -0.39 is 11.7 Å². The van der Waals surface area contributed by atoms with Gasteiger partial charge in [0.15, 0.2) is 0 Å². The van der Waals surface area contributed by atoms with E-state index in [1.54, 1.807) is 0 Å². The number of benzene rings is 1. The molecule has 0 unspecified atom stereocenters. The Morgan fingerprint density at radius 1 is 1.55 bits per heavy atom. The lowest BCUT2D eigenvalue weighted by atomic mass is 10.3. The van der Waals surface area contributed by atoms with E-state index in [0.29, 0.717) is 16.7 Å². The molecule has 0 bridgehead atoms. The van der Waals surface area contributed by atoms with Gasteiger partial charge < -0.3 is 5.32 Å². The van der Waals surface area contributed by atoms with Crippen LogP contribution in [0.2, 0.25) is 5.02 Å². The molecule has 0 fully saturated rings. The van der Waals surface area contributed by atoms with Crippen LogP contribution in [0.25, 0.3) is 0 Å². The van der Waals surface area contributed by atoms with Crippen LogP contribution in [0.5, 0.6) is 0 Å². The first kappa shape index (κ1) is 14.9. The van der Waals surface area contributed by atoms with Crippen molar-refractivity contribution in [2.45, 2.75) is 19.8 Å². The molecule has 2 N–H and O–H groups in total. The van der Waals surface area contributed by atoms with E-state index in [0.717, 1.165) is 12.5 Å². The van der Waals surface area contributed by atoms with Crippen molar-refractivity contribution in [3.05, 3.63) is 39.1 Å². The average Bonchev–Trinajstić information content (AvgIpc) is 2.82. The molecule has 0 aliphatic carbocycles. The number of carbonyl (C=O) groups excluding carboxylic acids is 1. The lowest BCUT2D eigenvalue weighted by Gasteiger charge is -2.07. The normalized spacial score (nSPS) is 10.6. The maximum atomic E-state index is 13.1. The molecular weight excluding hydrogens is 351 g/mol. The third kappa shape index (κ3) is 3.34. The summed E-state index contributed by atoms with van der Waals surface area (Å²) in [6.45, 7) is 2.00. The van der Waals surface area contributed by atoms with Crippen molar-refractivity contribution in [1.29, 1.82) is 0 Å². The number of H-pyrrole nitrogens is 1. The zero-order valence-electron chi connectivity index (χ0n) is 10.5. The minimum Gasteiger partial charge on any atom is -0.317 e. The maximum absolute atomic E-state index is 13.1. The quantitative estimate of drug-likeness (QED) is 0.874. The average molecular weight is 362 g/mol. The van der Waals surface area contributed by atoms with Crippen LogP contribution in [0.15, 0.2) is 16.6 Å². The molecule has 0 aliphatic heterocycles. The molecule has 20 heavy (non-hydrogen) atoms. The highest BCUT2D eigenvalue weighted by Gasteiger charge is 2.16. The number of nitrogens with zero attached hydrogens (tertiary/aromatic N) is 2. The summed E-state index contributed by atoms with van der Waals surface area (Å²) in [6, 6.07) is 2.32. The second-order valence-corrected chi connectivity index (χ2v) is 5.32. The lowest BCUT2D eigenvalue weighted by Crippen LogP contribution is -2.14. The topological polar surface area (TPSA) is 70.7 Å². The maximum Gasteiger partial charge on any atom is 0.295 e. The number of nitrogens with one attached hydrogen (secondary N) is 2. The Balaban J connectivity index is 2.19. The second-order valence-electron chi connectivity index (χ2n) is 4.05. The van der Waals surface area contributed by atoms with Gasteiger partial charge in [-0.05, 0) is 34.5 Å². The smallest absolute Gasteiger partial charge is 0.295 e. The zero-order chi connectivity index (χ0) is 14.7. The number of amides is 1. The second kappa shape index (κ2) is 6.32. The van der Waals surface area contributed by atoms with Gasteiger partial charge in [-0.2, -0.15) is 0 Å². The van der Waals surface area contributed by atoms with E-state index in [1.165, 1.54) is 6.07 Å². The number of aryl methyl sites for hydroxylation is 1. The Morgan fingerprint density at radius 3 is 2.95 bits per heavy atom.